The molecule has 0 aliphatic rings. The van der Waals surface area contributed by atoms with Crippen molar-refractivity contribution in [3.8, 4) is 0 Å². The molecule has 0 aliphatic carbocycles. The lowest BCUT2D eigenvalue weighted by Gasteiger charge is -2.33. The second-order valence-corrected chi connectivity index (χ2v) is 7.72. The first-order chi connectivity index (χ1) is 6.75. The molecule has 1 heteroatoms. The fourth-order valence-electron chi connectivity index (χ4n) is 2.49. The zero-order valence-electron chi connectivity index (χ0n) is 11.6. The predicted molar refractivity (Wildman–Crippen MR) is 75.4 cm³/mol. The van der Waals surface area contributed by atoms with Crippen LogP contribution in [0.2, 0.25) is 0 Å². The van der Waals surface area contributed by atoms with Gasteiger partial charge in [0.2, 0.25) is 0 Å². The van der Waals surface area contributed by atoms with Crippen LogP contribution in [0.15, 0.2) is 0 Å². The summed E-state index contributed by atoms with van der Waals surface area (Å²) in [4.78, 5) is 0. The molecule has 0 N–H and O–H groups in total. The molecular formula is C14H31P. The van der Waals surface area contributed by atoms with Crippen molar-refractivity contribution >= 4 is 9.24 Å². The van der Waals surface area contributed by atoms with Crippen LogP contribution in [0.3, 0.4) is 0 Å². The highest BCUT2D eigenvalue weighted by Gasteiger charge is 2.26. The van der Waals surface area contributed by atoms with Gasteiger partial charge in [0.05, 0.1) is 0 Å². The van der Waals surface area contributed by atoms with Crippen LogP contribution < -0.4 is 0 Å². The highest BCUT2D eigenvalue weighted by atomic mass is 31.0. The molecule has 15 heavy (non-hydrogen) atoms. The van der Waals surface area contributed by atoms with E-state index >= 15 is 0 Å². The molecule has 0 radical (unpaired) electrons. The van der Waals surface area contributed by atoms with Crippen molar-refractivity contribution in [1.82, 2.24) is 0 Å². The zero-order chi connectivity index (χ0) is 12.1. The summed E-state index contributed by atoms with van der Waals surface area (Å²) < 4.78 is 0. The monoisotopic (exact) mass is 230 g/mol. The first-order valence-electron chi connectivity index (χ1n) is 6.54. The molecule has 0 amide bonds. The molecule has 0 spiro atoms. The molecular weight excluding hydrogens is 199 g/mol. The van der Waals surface area contributed by atoms with Crippen LogP contribution in [-0.4, -0.2) is 5.16 Å². The standard InChI is InChI=1S/C14H31P/c1-11(2)7-8-14(15,9-12(3)4)10-13(5)6/h11-13H,7-10,15H2,1-6H3. The Morgan fingerprint density at radius 2 is 1.20 bits per heavy atom. The third-order valence-corrected chi connectivity index (χ3v) is 3.61. The minimum atomic E-state index is 0.493. The number of hydrogen-bond acceptors (Lipinski definition) is 0. The molecule has 1 unspecified atom stereocenters. The Hall–Kier alpha value is 0.430. The molecule has 0 rings (SSSR count). The predicted octanol–water partition coefficient (Wildman–Crippen LogP) is 5.13. The van der Waals surface area contributed by atoms with Crippen molar-refractivity contribution in [3.63, 3.8) is 0 Å². The Kier molecular flexibility index (Phi) is 7.09. The Morgan fingerprint density at radius 1 is 0.800 bits per heavy atom. The van der Waals surface area contributed by atoms with Crippen molar-refractivity contribution in [3.05, 3.63) is 0 Å². The van der Waals surface area contributed by atoms with E-state index < -0.39 is 0 Å². The summed E-state index contributed by atoms with van der Waals surface area (Å²) in [6.07, 6.45) is 5.43. The molecule has 1 atom stereocenters. The molecule has 0 aromatic carbocycles. The maximum absolute atomic E-state index is 3.17. The average molecular weight is 230 g/mol. The van der Waals surface area contributed by atoms with Gasteiger partial charge in [-0.3, -0.25) is 0 Å². The summed E-state index contributed by atoms with van der Waals surface area (Å²) in [5.74, 6) is 2.46. The van der Waals surface area contributed by atoms with Crippen molar-refractivity contribution in [2.75, 3.05) is 0 Å². The topological polar surface area (TPSA) is 0 Å². The van der Waals surface area contributed by atoms with Crippen LogP contribution in [-0.2, 0) is 0 Å². The van der Waals surface area contributed by atoms with Crippen LogP contribution in [0.25, 0.3) is 0 Å². The second kappa shape index (κ2) is 6.89. The van der Waals surface area contributed by atoms with Gasteiger partial charge in [0.15, 0.2) is 0 Å². The van der Waals surface area contributed by atoms with Gasteiger partial charge in [0, 0.05) is 0 Å². The van der Waals surface area contributed by atoms with Gasteiger partial charge in [-0.05, 0) is 42.2 Å². The van der Waals surface area contributed by atoms with E-state index in [-0.39, 0.29) is 0 Å². The van der Waals surface area contributed by atoms with Crippen LogP contribution >= 0.6 is 9.24 Å². The van der Waals surface area contributed by atoms with E-state index in [0.29, 0.717) is 5.16 Å². The molecule has 0 saturated carbocycles. The smallest absolute Gasteiger partial charge is 0.0145 e. The van der Waals surface area contributed by atoms with Crippen LogP contribution in [0, 0.1) is 17.8 Å². The minimum absolute atomic E-state index is 0.493. The van der Waals surface area contributed by atoms with E-state index in [1.54, 1.807) is 0 Å². The van der Waals surface area contributed by atoms with Crippen molar-refractivity contribution < 1.29 is 0 Å². The molecule has 0 nitrogen and oxygen atoms in total. The highest BCUT2D eigenvalue weighted by molar-refractivity contribution is 7.19. The second-order valence-electron chi connectivity index (χ2n) is 6.49. The first kappa shape index (κ1) is 15.4. The molecule has 0 saturated heterocycles. The lowest BCUT2D eigenvalue weighted by atomic mass is 9.83. The van der Waals surface area contributed by atoms with E-state index in [1.807, 2.05) is 0 Å². The van der Waals surface area contributed by atoms with Gasteiger partial charge in [0.1, 0.15) is 0 Å². The van der Waals surface area contributed by atoms with Crippen LogP contribution in [0.5, 0.6) is 0 Å². The van der Waals surface area contributed by atoms with E-state index in [9.17, 15) is 0 Å². The maximum Gasteiger partial charge on any atom is -0.0145 e. The molecule has 0 bridgehead atoms. The molecule has 0 aliphatic heterocycles. The quantitative estimate of drug-likeness (QED) is 0.532. The van der Waals surface area contributed by atoms with E-state index in [4.69, 9.17) is 0 Å². The first-order valence-corrected chi connectivity index (χ1v) is 7.12. The Balaban J connectivity index is 4.26. The zero-order valence-corrected chi connectivity index (χ0v) is 12.8. The summed E-state index contributed by atoms with van der Waals surface area (Å²) in [5.41, 5.74) is 0. The summed E-state index contributed by atoms with van der Waals surface area (Å²) in [6.45, 7) is 14.0. The van der Waals surface area contributed by atoms with E-state index in [1.165, 1.54) is 25.7 Å². The summed E-state index contributed by atoms with van der Waals surface area (Å²) in [6, 6.07) is 0. The lowest BCUT2D eigenvalue weighted by molar-refractivity contribution is 0.340. The van der Waals surface area contributed by atoms with Gasteiger partial charge in [-0.2, -0.15) is 0 Å². The van der Waals surface area contributed by atoms with Gasteiger partial charge in [-0.25, -0.2) is 0 Å². The summed E-state index contributed by atoms with van der Waals surface area (Å²) in [5, 5.41) is 0.493. The lowest BCUT2D eigenvalue weighted by Crippen LogP contribution is -2.25. The van der Waals surface area contributed by atoms with Gasteiger partial charge in [-0.1, -0.05) is 48.0 Å². The fourth-order valence-corrected chi connectivity index (χ4v) is 3.60. The maximum atomic E-state index is 3.17. The van der Waals surface area contributed by atoms with Crippen LogP contribution in [0.1, 0.15) is 67.2 Å². The van der Waals surface area contributed by atoms with Crippen molar-refractivity contribution in [2.24, 2.45) is 17.8 Å². The van der Waals surface area contributed by atoms with E-state index in [2.05, 4.69) is 50.8 Å². The Bertz CT molecular complexity index is 149. The average Bonchev–Trinajstić information content (AvgIpc) is 1.97. The molecule has 0 heterocycles. The highest BCUT2D eigenvalue weighted by Crippen LogP contribution is 2.38. The van der Waals surface area contributed by atoms with Crippen LogP contribution in [0.4, 0.5) is 0 Å². The Labute approximate surface area is 99.8 Å². The van der Waals surface area contributed by atoms with Gasteiger partial charge in [-0.15, -0.1) is 9.24 Å². The molecule has 0 fully saturated rings. The molecule has 92 valence electrons. The SMILES string of the molecule is CC(C)CCC(P)(CC(C)C)CC(C)C. The van der Waals surface area contributed by atoms with E-state index in [0.717, 1.165) is 17.8 Å². The number of hydrogen-bond donors (Lipinski definition) is 0. The Morgan fingerprint density at radius 3 is 1.47 bits per heavy atom. The molecule has 0 aromatic rings. The summed E-state index contributed by atoms with van der Waals surface area (Å²) in [7, 11) is 3.17. The minimum Gasteiger partial charge on any atom is -0.131 e. The van der Waals surface area contributed by atoms with Gasteiger partial charge in [0.25, 0.3) is 0 Å². The van der Waals surface area contributed by atoms with Crippen molar-refractivity contribution in [2.45, 2.75) is 72.4 Å². The van der Waals surface area contributed by atoms with Gasteiger partial charge < -0.3 is 0 Å². The fraction of sp³-hybridized carbons (Fsp3) is 1.00. The molecule has 0 aromatic heterocycles. The summed E-state index contributed by atoms with van der Waals surface area (Å²) >= 11 is 0. The third-order valence-electron chi connectivity index (χ3n) is 2.85. The normalized spacial score (nSPS) is 13.2. The largest absolute Gasteiger partial charge is 0.131 e. The number of rotatable bonds is 7. The van der Waals surface area contributed by atoms with Gasteiger partial charge >= 0.3 is 0 Å². The van der Waals surface area contributed by atoms with Crippen molar-refractivity contribution in [1.29, 1.82) is 0 Å². The third kappa shape index (κ3) is 8.26.